The van der Waals surface area contributed by atoms with Crippen molar-refractivity contribution in [3.63, 3.8) is 0 Å². The van der Waals surface area contributed by atoms with Gasteiger partial charge in [-0.1, -0.05) is 16.8 Å². The Morgan fingerprint density at radius 3 is 2.84 bits per heavy atom. The molecule has 0 spiro atoms. The van der Waals surface area contributed by atoms with Crippen LogP contribution in [0.5, 0.6) is 5.75 Å². The van der Waals surface area contributed by atoms with Crippen LogP contribution in [0.1, 0.15) is 17.4 Å². The van der Waals surface area contributed by atoms with Gasteiger partial charge in [0.25, 0.3) is 0 Å². The molecule has 100 valence electrons. The van der Waals surface area contributed by atoms with E-state index in [1.54, 1.807) is 13.0 Å². The van der Waals surface area contributed by atoms with Gasteiger partial charge in [-0.15, -0.1) is 11.3 Å². The molecule has 0 aliphatic heterocycles. The Bertz CT molecular complexity index is 612. The SMILES string of the molecule is CC(=NO)c1cc(F)ccc1OCc1ccc(Cl)s1. The van der Waals surface area contributed by atoms with Crippen molar-refractivity contribution >= 4 is 28.6 Å². The number of ether oxygens (including phenoxy) is 1. The Morgan fingerprint density at radius 1 is 1.42 bits per heavy atom. The molecule has 1 heterocycles. The number of nitrogens with zero attached hydrogens (tertiary/aromatic N) is 1. The summed E-state index contributed by atoms with van der Waals surface area (Å²) in [5.41, 5.74) is 0.712. The molecule has 1 N–H and O–H groups in total. The first-order chi connectivity index (χ1) is 9.10. The first-order valence-electron chi connectivity index (χ1n) is 5.45. The smallest absolute Gasteiger partial charge is 0.129 e. The van der Waals surface area contributed by atoms with Crippen LogP contribution >= 0.6 is 22.9 Å². The zero-order valence-electron chi connectivity index (χ0n) is 10.1. The molecule has 0 unspecified atom stereocenters. The highest BCUT2D eigenvalue weighted by Gasteiger charge is 2.10. The highest BCUT2D eigenvalue weighted by atomic mass is 35.5. The quantitative estimate of drug-likeness (QED) is 0.519. The van der Waals surface area contributed by atoms with Gasteiger partial charge in [0.05, 0.1) is 10.0 Å². The molecular formula is C13H11ClFNO2S. The van der Waals surface area contributed by atoms with E-state index in [1.165, 1.54) is 29.5 Å². The summed E-state index contributed by atoms with van der Waals surface area (Å²) < 4.78 is 19.5. The molecule has 0 aliphatic carbocycles. The van der Waals surface area contributed by atoms with Gasteiger partial charge in [-0.05, 0) is 37.3 Å². The molecule has 2 aromatic rings. The molecule has 0 fully saturated rings. The molecule has 1 aromatic carbocycles. The standard InChI is InChI=1S/C13H11ClFNO2S/c1-8(16-17)11-6-9(15)2-4-12(11)18-7-10-3-5-13(14)19-10/h2-6,17H,7H2,1H3. The molecule has 0 aliphatic rings. The largest absolute Gasteiger partial charge is 0.487 e. The normalized spacial score (nSPS) is 11.6. The second-order valence-corrected chi connectivity index (χ2v) is 5.62. The molecule has 0 saturated carbocycles. The number of hydrogen-bond donors (Lipinski definition) is 1. The Morgan fingerprint density at radius 2 is 2.21 bits per heavy atom. The van der Waals surface area contributed by atoms with Crippen LogP contribution < -0.4 is 4.74 Å². The van der Waals surface area contributed by atoms with E-state index in [9.17, 15) is 4.39 Å². The molecule has 0 atom stereocenters. The third kappa shape index (κ3) is 3.45. The summed E-state index contributed by atoms with van der Waals surface area (Å²) in [4.78, 5) is 0.957. The lowest BCUT2D eigenvalue weighted by Gasteiger charge is -2.10. The zero-order valence-corrected chi connectivity index (χ0v) is 11.6. The lowest BCUT2D eigenvalue weighted by Crippen LogP contribution is -2.02. The van der Waals surface area contributed by atoms with Crippen LogP contribution in [0.3, 0.4) is 0 Å². The maximum atomic E-state index is 13.2. The maximum Gasteiger partial charge on any atom is 0.129 e. The van der Waals surface area contributed by atoms with E-state index in [0.29, 0.717) is 28.0 Å². The van der Waals surface area contributed by atoms with Crippen LogP contribution in [0.4, 0.5) is 4.39 Å². The van der Waals surface area contributed by atoms with Crippen molar-refractivity contribution in [2.24, 2.45) is 5.16 Å². The molecule has 6 heteroatoms. The molecule has 0 saturated heterocycles. The van der Waals surface area contributed by atoms with Crippen molar-refractivity contribution in [3.8, 4) is 5.75 Å². The fourth-order valence-electron chi connectivity index (χ4n) is 1.54. The first-order valence-corrected chi connectivity index (χ1v) is 6.65. The van der Waals surface area contributed by atoms with Gasteiger partial charge in [0.15, 0.2) is 0 Å². The van der Waals surface area contributed by atoms with Crippen molar-refractivity contribution in [3.05, 3.63) is 50.9 Å². The summed E-state index contributed by atoms with van der Waals surface area (Å²) in [6, 6.07) is 7.73. The van der Waals surface area contributed by atoms with Crippen LogP contribution in [0.15, 0.2) is 35.5 Å². The van der Waals surface area contributed by atoms with Crippen molar-refractivity contribution < 1.29 is 14.3 Å². The third-order valence-corrected chi connectivity index (χ3v) is 3.68. The molecule has 2 rings (SSSR count). The van der Waals surface area contributed by atoms with Gasteiger partial charge in [0, 0.05) is 10.4 Å². The minimum Gasteiger partial charge on any atom is -0.487 e. The molecule has 19 heavy (non-hydrogen) atoms. The Balaban J connectivity index is 2.20. The van der Waals surface area contributed by atoms with E-state index in [2.05, 4.69) is 5.16 Å². The second-order valence-electron chi connectivity index (χ2n) is 3.82. The Kier molecular flexibility index (Phi) is 4.39. The van der Waals surface area contributed by atoms with Gasteiger partial charge in [-0.2, -0.15) is 0 Å². The fraction of sp³-hybridized carbons (Fsp3) is 0.154. The lowest BCUT2D eigenvalue weighted by atomic mass is 10.1. The highest BCUT2D eigenvalue weighted by Crippen LogP contribution is 2.25. The van der Waals surface area contributed by atoms with Crippen LogP contribution in [0, 0.1) is 5.82 Å². The summed E-state index contributed by atoms with van der Waals surface area (Å²) in [5.74, 6) is 0.0470. The highest BCUT2D eigenvalue weighted by molar-refractivity contribution is 7.16. The van der Waals surface area contributed by atoms with E-state index in [0.717, 1.165) is 4.88 Å². The van der Waals surface area contributed by atoms with Crippen molar-refractivity contribution in [2.45, 2.75) is 13.5 Å². The van der Waals surface area contributed by atoms with Gasteiger partial charge in [-0.25, -0.2) is 4.39 Å². The Hall–Kier alpha value is -1.59. The third-order valence-electron chi connectivity index (χ3n) is 2.48. The first kappa shape index (κ1) is 13.8. The van der Waals surface area contributed by atoms with Crippen molar-refractivity contribution in [1.82, 2.24) is 0 Å². The Labute approximate surface area is 118 Å². The molecule has 1 aromatic heterocycles. The van der Waals surface area contributed by atoms with Gasteiger partial charge in [-0.3, -0.25) is 0 Å². The van der Waals surface area contributed by atoms with E-state index >= 15 is 0 Å². The minimum atomic E-state index is -0.412. The van der Waals surface area contributed by atoms with E-state index < -0.39 is 5.82 Å². The van der Waals surface area contributed by atoms with Gasteiger partial charge >= 0.3 is 0 Å². The van der Waals surface area contributed by atoms with E-state index in [4.69, 9.17) is 21.5 Å². The van der Waals surface area contributed by atoms with Crippen LogP contribution in [-0.2, 0) is 6.61 Å². The van der Waals surface area contributed by atoms with Crippen LogP contribution in [0.25, 0.3) is 0 Å². The summed E-state index contributed by atoms with van der Waals surface area (Å²) in [6.07, 6.45) is 0. The van der Waals surface area contributed by atoms with Crippen molar-refractivity contribution in [1.29, 1.82) is 0 Å². The van der Waals surface area contributed by atoms with Gasteiger partial charge < -0.3 is 9.94 Å². The second kappa shape index (κ2) is 6.04. The maximum absolute atomic E-state index is 13.2. The minimum absolute atomic E-state index is 0.290. The lowest BCUT2D eigenvalue weighted by molar-refractivity contribution is 0.306. The van der Waals surface area contributed by atoms with Crippen LogP contribution in [0.2, 0.25) is 4.34 Å². The summed E-state index contributed by atoms with van der Waals surface area (Å²) in [6.45, 7) is 1.90. The summed E-state index contributed by atoms with van der Waals surface area (Å²) in [7, 11) is 0. The van der Waals surface area contributed by atoms with Gasteiger partial charge in [0.2, 0.25) is 0 Å². The predicted molar refractivity (Wildman–Crippen MR) is 74.1 cm³/mol. The van der Waals surface area contributed by atoms with E-state index in [-0.39, 0.29) is 0 Å². The summed E-state index contributed by atoms with van der Waals surface area (Å²) in [5, 5.41) is 11.9. The molecule has 0 bridgehead atoms. The number of benzene rings is 1. The molecule has 3 nitrogen and oxygen atoms in total. The fourth-order valence-corrected chi connectivity index (χ4v) is 2.54. The number of halogens is 2. The predicted octanol–water partition coefficient (Wildman–Crippen LogP) is 4.32. The average Bonchev–Trinajstić information content (AvgIpc) is 2.82. The van der Waals surface area contributed by atoms with Crippen molar-refractivity contribution in [2.75, 3.05) is 0 Å². The monoisotopic (exact) mass is 299 g/mol. The average molecular weight is 300 g/mol. The van der Waals surface area contributed by atoms with Crippen LogP contribution in [-0.4, -0.2) is 10.9 Å². The molecular weight excluding hydrogens is 289 g/mol. The number of oxime groups is 1. The molecule has 0 radical (unpaired) electrons. The topological polar surface area (TPSA) is 41.8 Å². The van der Waals surface area contributed by atoms with E-state index in [1.807, 2.05) is 6.07 Å². The number of hydrogen-bond acceptors (Lipinski definition) is 4. The number of rotatable bonds is 4. The van der Waals surface area contributed by atoms with Gasteiger partial charge in [0.1, 0.15) is 18.2 Å². The molecule has 0 amide bonds. The zero-order chi connectivity index (χ0) is 13.8. The number of thiophene rings is 1. The summed E-state index contributed by atoms with van der Waals surface area (Å²) >= 11 is 7.25.